The number of hydrogen-bond donors (Lipinski definition) is 2. The lowest BCUT2D eigenvalue weighted by Gasteiger charge is -2.33. The van der Waals surface area contributed by atoms with Gasteiger partial charge in [-0.15, -0.1) is 24.0 Å². The van der Waals surface area contributed by atoms with Crippen LogP contribution in [0, 0.1) is 23.1 Å². The molecule has 1 atom stereocenters. The van der Waals surface area contributed by atoms with Gasteiger partial charge in [-0.1, -0.05) is 6.92 Å². The van der Waals surface area contributed by atoms with E-state index in [0.29, 0.717) is 29.3 Å². The summed E-state index contributed by atoms with van der Waals surface area (Å²) in [5, 5.41) is 17.4. The Labute approximate surface area is 194 Å². The molecule has 0 saturated carbocycles. The van der Waals surface area contributed by atoms with Gasteiger partial charge in [-0.3, -0.25) is 4.99 Å². The summed E-state index contributed by atoms with van der Waals surface area (Å²) in [6.07, 6.45) is 3.86. The molecule has 0 aliphatic carbocycles. The Morgan fingerprint density at radius 2 is 2.13 bits per heavy atom. The van der Waals surface area contributed by atoms with Gasteiger partial charge in [0, 0.05) is 26.7 Å². The van der Waals surface area contributed by atoms with Crippen LogP contribution in [0.15, 0.2) is 29.3 Å². The lowest BCUT2D eigenvalue weighted by molar-refractivity contribution is 0.266. The van der Waals surface area contributed by atoms with Gasteiger partial charge in [0.15, 0.2) is 5.96 Å². The summed E-state index contributed by atoms with van der Waals surface area (Å²) in [6, 6.07) is 8.02. The highest BCUT2D eigenvalue weighted by molar-refractivity contribution is 14.0. The lowest BCUT2D eigenvalue weighted by atomic mass is 10.0. The Morgan fingerprint density at radius 1 is 1.40 bits per heavy atom. The Morgan fingerprint density at radius 3 is 2.77 bits per heavy atom. The van der Waals surface area contributed by atoms with Crippen molar-refractivity contribution in [2.24, 2.45) is 10.9 Å². The van der Waals surface area contributed by atoms with Crippen LogP contribution in [0.2, 0.25) is 0 Å². The van der Waals surface area contributed by atoms with E-state index in [9.17, 15) is 9.65 Å². The molecule has 0 spiro atoms. The highest BCUT2D eigenvalue weighted by atomic mass is 127. The molecule has 3 rings (SSSR count). The van der Waals surface area contributed by atoms with Gasteiger partial charge in [0.1, 0.15) is 23.3 Å². The van der Waals surface area contributed by atoms with Crippen molar-refractivity contribution >= 4 is 35.8 Å². The van der Waals surface area contributed by atoms with E-state index >= 15 is 0 Å². The van der Waals surface area contributed by atoms with E-state index in [1.165, 1.54) is 29.7 Å². The average Bonchev–Trinajstić information content (AvgIpc) is 3.04. The minimum Gasteiger partial charge on any atom is -0.382 e. The first-order valence-corrected chi connectivity index (χ1v) is 10.0. The topological polar surface area (TPSA) is 95.3 Å². The molecular formula is C21H29FIN7. The van der Waals surface area contributed by atoms with Crippen LogP contribution in [0.1, 0.15) is 37.4 Å². The summed E-state index contributed by atoms with van der Waals surface area (Å²) in [5.74, 6) is 1.55. The number of guanidine groups is 1. The van der Waals surface area contributed by atoms with Gasteiger partial charge in [-0.2, -0.15) is 10.4 Å². The first-order chi connectivity index (χ1) is 14.0. The number of likely N-dealkylation sites (tertiary alicyclic amines) is 1. The van der Waals surface area contributed by atoms with Crippen LogP contribution in [0.4, 0.5) is 10.2 Å². The number of nitrogen functional groups attached to an aromatic ring is 1. The number of aromatic nitrogens is 2. The van der Waals surface area contributed by atoms with E-state index in [1.54, 1.807) is 19.2 Å². The molecule has 1 unspecified atom stereocenters. The molecular weight excluding hydrogens is 496 g/mol. The first-order valence-electron chi connectivity index (χ1n) is 10.0. The number of anilines is 1. The highest BCUT2D eigenvalue weighted by Gasteiger charge is 2.19. The number of nitrogens with one attached hydrogen (secondary N) is 1. The molecule has 7 nitrogen and oxygen atoms in total. The number of hydrogen-bond acceptors (Lipinski definition) is 4. The molecule has 0 bridgehead atoms. The molecule has 0 radical (unpaired) electrons. The number of halogens is 2. The largest absolute Gasteiger partial charge is 0.382 e. The van der Waals surface area contributed by atoms with Crippen LogP contribution >= 0.6 is 24.0 Å². The number of aryl methyl sites for hydroxylation is 1. The van der Waals surface area contributed by atoms with Gasteiger partial charge < -0.3 is 16.0 Å². The van der Waals surface area contributed by atoms with E-state index in [2.05, 4.69) is 33.3 Å². The Hall–Kier alpha value is -2.35. The summed E-state index contributed by atoms with van der Waals surface area (Å²) < 4.78 is 14.7. The zero-order valence-electron chi connectivity index (χ0n) is 17.4. The van der Waals surface area contributed by atoms with Crippen molar-refractivity contribution in [1.29, 1.82) is 5.26 Å². The summed E-state index contributed by atoms with van der Waals surface area (Å²) in [5.41, 5.74) is 7.77. The second-order valence-corrected chi connectivity index (χ2v) is 7.48. The van der Waals surface area contributed by atoms with Gasteiger partial charge in [0.25, 0.3) is 0 Å². The molecule has 30 heavy (non-hydrogen) atoms. The second kappa shape index (κ2) is 11.2. The number of aliphatic imine (C=N–C) groups is 1. The van der Waals surface area contributed by atoms with Crippen LogP contribution in [-0.2, 0) is 6.42 Å². The average molecular weight is 525 g/mol. The molecule has 9 heteroatoms. The van der Waals surface area contributed by atoms with Gasteiger partial charge in [0.2, 0.25) is 0 Å². The third-order valence-corrected chi connectivity index (χ3v) is 5.22. The van der Waals surface area contributed by atoms with Gasteiger partial charge in [0.05, 0.1) is 11.4 Å². The summed E-state index contributed by atoms with van der Waals surface area (Å²) in [7, 11) is 1.81. The monoisotopic (exact) mass is 525 g/mol. The molecule has 1 aliphatic rings. The van der Waals surface area contributed by atoms with Crippen LogP contribution in [0.5, 0.6) is 0 Å². The predicted molar refractivity (Wildman–Crippen MR) is 128 cm³/mol. The van der Waals surface area contributed by atoms with E-state index in [0.717, 1.165) is 32.0 Å². The normalized spacial score (nSPS) is 16.7. The summed E-state index contributed by atoms with van der Waals surface area (Å²) in [4.78, 5) is 6.70. The third-order valence-electron chi connectivity index (χ3n) is 5.22. The molecule has 1 saturated heterocycles. The zero-order valence-corrected chi connectivity index (χ0v) is 19.8. The van der Waals surface area contributed by atoms with Crippen molar-refractivity contribution in [3.8, 4) is 11.8 Å². The third kappa shape index (κ3) is 5.62. The smallest absolute Gasteiger partial charge is 0.193 e. The zero-order chi connectivity index (χ0) is 20.8. The molecule has 2 aromatic rings. The Balaban J connectivity index is 0.00000320. The maximum atomic E-state index is 13.2. The predicted octanol–water partition coefficient (Wildman–Crippen LogP) is 3.32. The minimum absolute atomic E-state index is 0. The number of nitriles is 1. The quantitative estimate of drug-likeness (QED) is 0.270. The Bertz CT molecular complexity index is 901. The molecule has 1 fully saturated rings. The molecule has 3 N–H and O–H groups in total. The van der Waals surface area contributed by atoms with Crippen molar-refractivity contribution in [1.82, 2.24) is 20.0 Å². The fourth-order valence-electron chi connectivity index (χ4n) is 3.72. The van der Waals surface area contributed by atoms with Gasteiger partial charge in [-0.25, -0.2) is 9.07 Å². The minimum atomic E-state index is -0.331. The van der Waals surface area contributed by atoms with Crippen molar-refractivity contribution in [3.63, 3.8) is 0 Å². The van der Waals surface area contributed by atoms with Gasteiger partial charge in [-0.05, 0) is 55.9 Å². The first kappa shape index (κ1) is 23.9. The number of nitrogens with two attached hydrogens (primary N) is 1. The molecule has 1 aromatic heterocycles. The summed E-state index contributed by atoms with van der Waals surface area (Å²) >= 11 is 0. The van der Waals surface area contributed by atoms with Crippen LogP contribution in [-0.4, -0.2) is 47.3 Å². The van der Waals surface area contributed by atoms with E-state index in [-0.39, 0.29) is 35.6 Å². The second-order valence-electron chi connectivity index (χ2n) is 7.48. The number of nitrogens with zero attached hydrogens (tertiary/aromatic N) is 5. The van der Waals surface area contributed by atoms with Crippen molar-refractivity contribution < 1.29 is 4.39 Å². The standard InChI is InChI=1S/C21H28FN7.HI/c1-15-5-4-12-28(14-15)21(25-2)26-11-3-6-19-18(13-23)20(24)29(27-19)17-9-7-16(22)8-10-17;/h7-10,15H,3-6,11-12,14,24H2,1-2H3,(H,25,26);1H. The molecule has 1 aromatic carbocycles. The van der Waals surface area contributed by atoms with Crippen LogP contribution in [0.25, 0.3) is 5.69 Å². The van der Waals surface area contributed by atoms with Crippen molar-refractivity contribution in [2.45, 2.75) is 32.6 Å². The SMILES string of the molecule is CN=C(NCCCc1nn(-c2ccc(F)cc2)c(N)c1C#N)N1CCCC(C)C1.I. The number of rotatable bonds is 5. The number of benzene rings is 1. The molecule has 2 heterocycles. The number of piperidine rings is 1. The molecule has 1 aliphatic heterocycles. The maximum absolute atomic E-state index is 13.2. The fraction of sp³-hybridized carbons (Fsp3) is 0.476. The fourth-order valence-corrected chi connectivity index (χ4v) is 3.72. The van der Waals surface area contributed by atoms with Crippen LogP contribution in [0.3, 0.4) is 0 Å². The molecule has 0 amide bonds. The van der Waals surface area contributed by atoms with Crippen molar-refractivity contribution in [2.75, 3.05) is 32.4 Å². The molecule has 162 valence electrons. The van der Waals surface area contributed by atoms with Gasteiger partial charge >= 0.3 is 0 Å². The highest BCUT2D eigenvalue weighted by Crippen LogP contribution is 2.22. The van der Waals surface area contributed by atoms with E-state index < -0.39 is 0 Å². The lowest BCUT2D eigenvalue weighted by Crippen LogP contribution is -2.46. The van der Waals surface area contributed by atoms with Crippen LogP contribution < -0.4 is 11.1 Å². The summed E-state index contributed by atoms with van der Waals surface area (Å²) in [6.45, 7) is 5.05. The maximum Gasteiger partial charge on any atom is 0.193 e. The van der Waals surface area contributed by atoms with E-state index in [1.807, 2.05) is 0 Å². The Kier molecular flexibility index (Phi) is 8.89. The van der Waals surface area contributed by atoms with E-state index in [4.69, 9.17) is 5.73 Å². The van der Waals surface area contributed by atoms with Crippen molar-refractivity contribution in [3.05, 3.63) is 41.3 Å².